The van der Waals surface area contributed by atoms with Gasteiger partial charge in [0.2, 0.25) is 5.91 Å². The van der Waals surface area contributed by atoms with E-state index in [1.165, 1.54) is 11.0 Å². The van der Waals surface area contributed by atoms with Crippen LogP contribution in [0.5, 0.6) is 0 Å². The van der Waals surface area contributed by atoms with Crippen molar-refractivity contribution in [1.29, 1.82) is 0 Å². The number of nitrogens with zero attached hydrogens (tertiary/aromatic N) is 1. The third-order valence-corrected chi connectivity index (χ3v) is 6.13. The number of allylic oxidation sites excluding steroid dienone is 1. The van der Waals surface area contributed by atoms with E-state index in [4.69, 9.17) is 4.74 Å². The van der Waals surface area contributed by atoms with Crippen molar-refractivity contribution in [2.45, 2.75) is 19.9 Å². The van der Waals surface area contributed by atoms with Gasteiger partial charge in [-0.05, 0) is 23.9 Å². The van der Waals surface area contributed by atoms with Gasteiger partial charge in [0.05, 0.1) is 18.9 Å². The molecule has 1 aromatic heterocycles. The Morgan fingerprint density at radius 3 is 2.82 bits per heavy atom. The van der Waals surface area contributed by atoms with E-state index in [2.05, 4.69) is 0 Å². The van der Waals surface area contributed by atoms with Crippen LogP contribution in [0, 0.1) is 12.8 Å². The summed E-state index contributed by atoms with van der Waals surface area (Å²) in [6, 6.07) is 2.03. The predicted molar refractivity (Wildman–Crippen MR) is 87.4 cm³/mol. The molecule has 2 rings (SSSR count). The van der Waals surface area contributed by atoms with Crippen molar-refractivity contribution in [2.75, 3.05) is 26.0 Å². The molecule has 5 nitrogen and oxygen atoms in total. The van der Waals surface area contributed by atoms with Crippen molar-refractivity contribution < 1.29 is 17.9 Å². The van der Waals surface area contributed by atoms with Crippen molar-refractivity contribution in [3.05, 3.63) is 33.4 Å². The molecule has 0 radical (unpaired) electrons. The molecule has 1 aromatic rings. The van der Waals surface area contributed by atoms with Crippen LogP contribution in [0.3, 0.4) is 0 Å². The second-order valence-corrected chi connectivity index (χ2v) is 8.39. The van der Waals surface area contributed by atoms with Crippen LogP contribution in [0.2, 0.25) is 0 Å². The number of rotatable bonds is 7. The van der Waals surface area contributed by atoms with Gasteiger partial charge < -0.3 is 9.64 Å². The molecule has 0 spiro atoms. The number of hydrogen-bond acceptors (Lipinski definition) is 5. The minimum absolute atomic E-state index is 0.0309. The fraction of sp³-hybridized carbons (Fsp3) is 0.533. The normalized spacial score (nSPS) is 19.5. The van der Waals surface area contributed by atoms with Crippen molar-refractivity contribution in [1.82, 2.24) is 4.90 Å². The molecule has 1 aliphatic heterocycles. The molecule has 1 unspecified atom stereocenters. The molecule has 0 N–H and O–H groups in total. The quantitative estimate of drug-likeness (QED) is 0.759. The van der Waals surface area contributed by atoms with Crippen LogP contribution in [0.4, 0.5) is 0 Å². The van der Waals surface area contributed by atoms with Crippen LogP contribution in [-0.2, 0) is 25.9 Å². The molecule has 2 heterocycles. The van der Waals surface area contributed by atoms with E-state index in [0.29, 0.717) is 19.7 Å². The highest BCUT2D eigenvalue weighted by Gasteiger charge is 2.26. The molecule has 0 saturated heterocycles. The van der Waals surface area contributed by atoms with Crippen LogP contribution >= 0.6 is 11.3 Å². The molecule has 1 atom stereocenters. The fourth-order valence-electron chi connectivity index (χ4n) is 2.35. The maximum Gasteiger partial charge on any atom is 0.223 e. The summed E-state index contributed by atoms with van der Waals surface area (Å²) in [6.07, 6.45) is 1.85. The molecular formula is C15H21NO4S2. The zero-order valence-corrected chi connectivity index (χ0v) is 14.5. The fourth-order valence-corrected chi connectivity index (χ4v) is 4.67. The Hall–Kier alpha value is -1.18. The highest BCUT2D eigenvalue weighted by Crippen LogP contribution is 2.22. The van der Waals surface area contributed by atoms with Crippen LogP contribution in [-0.4, -0.2) is 45.2 Å². The summed E-state index contributed by atoms with van der Waals surface area (Å²) in [7, 11) is -1.51. The molecule has 0 aliphatic carbocycles. The van der Waals surface area contributed by atoms with Gasteiger partial charge in [-0.1, -0.05) is 6.08 Å². The first-order valence-corrected chi connectivity index (χ1v) is 9.71. The molecule has 7 heteroatoms. The van der Waals surface area contributed by atoms with Crippen molar-refractivity contribution in [2.24, 2.45) is 5.92 Å². The SMILES string of the molecule is COCCN(Cc1sccc1C)C(=O)CC1C=CS(=O)(=O)C1. The lowest BCUT2D eigenvalue weighted by molar-refractivity contribution is -0.133. The minimum atomic E-state index is -3.11. The summed E-state index contributed by atoms with van der Waals surface area (Å²) >= 11 is 1.63. The second-order valence-electron chi connectivity index (χ2n) is 5.46. The van der Waals surface area contributed by atoms with Crippen LogP contribution in [0.15, 0.2) is 22.9 Å². The van der Waals surface area contributed by atoms with Gasteiger partial charge in [0, 0.05) is 36.3 Å². The first-order valence-electron chi connectivity index (χ1n) is 7.12. The average molecular weight is 343 g/mol. The van der Waals surface area contributed by atoms with Crippen molar-refractivity contribution in [3.8, 4) is 0 Å². The highest BCUT2D eigenvalue weighted by atomic mass is 32.2. The first kappa shape index (κ1) is 17.2. The Balaban J connectivity index is 2.00. The minimum Gasteiger partial charge on any atom is -0.383 e. The van der Waals surface area contributed by atoms with E-state index in [1.54, 1.807) is 29.4 Å². The zero-order valence-electron chi connectivity index (χ0n) is 12.8. The number of sulfone groups is 1. The van der Waals surface area contributed by atoms with Gasteiger partial charge >= 0.3 is 0 Å². The zero-order chi connectivity index (χ0) is 16.2. The number of ether oxygens (including phenoxy) is 1. The van der Waals surface area contributed by atoms with E-state index in [-0.39, 0.29) is 24.0 Å². The summed E-state index contributed by atoms with van der Waals surface area (Å²) in [5, 5.41) is 3.23. The lowest BCUT2D eigenvalue weighted by atomic mass is 10.1. The Bertz CT molecular complexity index is 648. The van der Waals surface area contributed by atoms with E-state index in [1.807, 2.05) is 18.4 Å². The number of hydrogen-bond donors (Lipinski definition) is 0. The van der Waals surface area contributed by atoms with E-state index in [9.17, 15) is 13.2 Å². The molecule has 22 heavy (non-hydrogen) atoms. The molecule has 0 fully saturated rings. The lowest BCUT2D eigenvalue weighted by Crippen LogP contribution is -2.34. The van der Waals surface area contributed by atoms with Crippen molar-refractivity contribution in [3.63, 3.8) is 0 Å². The third-order valence-electron chi connectivity index (χ3n) is 3.66. The molecule has 0 saturated carbocycles. The van der Waals surface area contributed by atoms with Gasteiger partial charge in [0.25, 0.3) is 0 Å². The van der Waals surface area contributed by atoms with E-state index < -0.39 is 9.84 Å². The van der Waals surface area contributed by atoms with Crippen LogP contribution < -0.4 is 0 Å². The predicted octanol–water partition coefficient (Wildman–Crippen LogP) is 1.98. The van der Waals surface area contributed by atoms with Gasteiger partial charge in [-0.2, -0.15) is 0 Å². The summed E-state index contributed by atoms with van der Waals surface area (Å²) in [6.45, 7) is 3.55. The summed E-state index contributed by atoms with van der Waals surface area (Å²) in [5.74, 6) is -0.210. The van der Waals surface area contributed by atoms with Crippen molar-refractivity contribution >= 4 is 27.1 Å². The second kappa shape index (κ2) is 7.39. The maximum atomic E-state index is 12.5. The highest BCUT2D eigenvalue weighted by molar-refractivity contribution is 7.94. The number of aryl methyl sites for hydroxylation is 1. The van der Waals surface area contributed by atoms with Crippen LogP contribution in [0.25, 0.3) is 0 Å². The molecule has 1 amide bonds. The topological polar surface area (TPSA) is 63.7 Å². The number of thiophene rings is 1. The molecule has 0 bridgehead atoms. The van der Waals surface area contributed by atoms with Crippen LogP contribution in [0.1, 0.15) is 16.9 Å². The van der Waals surface area contributed by atoms with Gasteiger partial charge in [0.1, 0.15) is 0 Å². The van der Waals surface area contributed by atoms with Gasteiger partial charge in [-0.25, -0.2) is 8.42 Å². The lowest BCUT2D eigenvalue weighted by Gasteiger charge is -2.23. The average Bonchev–Trinajstić information content (AvgIpc) is 3.00. The molecule has 1 aliphatic rings. The largest absolute Gasteiger partial charge is 0.383 e. The molecular weight excluding hydrogens is 322 g/mol. The van der Waals surface area contributed by atoms with Gasteiger partial charge in [-0.15, -0.1) is 11.3 Å². The summed E-state index contributed by atoms with van der Waals surface area (Å²) in [4.78, 5) is 15.4. The van der Waals surface area contributed by atoms with E-state index >= 15 is 0 Å². The first-order chi connectivity index (χ1) is 10.4. The summed E-state index contributed by atoms with van der Waals surface area (Å²) in [5.41, 5.74) is 1.17. The Morgan fingerprint density at radius 2 is 2.27 bits per heavy atom. The standard InChI is InChI=1S/C15H21NO4S2/c1-12-3-7-21-14(12)10-16(5-6-20-2)15(17)9-13-4-8-22(18,19)11-13/h3-4,7-8,13H,5-6,9-11H2,1-2H3. The van der Waals surface area contributed by atoms with Gasteiger partial charge in [0.15, 0.2) is 9.84 Å². The monoisotopic (exact) mass is 343 g/mol. The smallest absolute Gasteiger partial charge is 0.223 e. The number of carbonyl (C=O) groups excluding carboxylic acids is 1. The molecule has 122 valence electrons. The molecule has 0 aromatic carbocycles. The number of amides is 1. The Morgan fingerprint density at radius 1 is 1.50 bits per heavy atom. The summed E-state index contributed by atoms with van der Waals surface area (Å²) < 4.78 is 27.9. The number of methoxy groups -OCH3 is 1. The third kappa shape index (κ3) is 4.66. The van der Waals surface area contributed by atoms with E-state index in [0.717, 1.165) is 4.88 Å². The Labute approximate surface area is 135 Å². The maximum absolute atomic E-state index is 12.5. The Kier molecular flexibility index (Phi) is 5.77. The van der Waals surface area contributed by atoms with Gasteiger partial charge in [-0.3, -0.25) is 4.79 Å². The number of carbonyl (C=O) groups is 1.